The van der Waals surface area contributed by atoms with Gasteiger partial charge in [0.25, 0.3) is 0 Å². The van der Waals surface area contributed by atoms with Crippen molar-refractivity contribution >= 4 is 27.4 Å². The van der Waals surface area contributed by atoms with Crippen molar-refractivity contribution in [3.05, 3.63) is 17.8 Å². The van der Waals surface area contributed by atoms with E-state index in [2.05, 4.69) is 31.6 Å². The minimum Gasteiger partial charge on any atom is -0.383 e. The molecule has 6 heteroatoms. The zero-order chi connectivity index (χ0) is 14.5. The van der Waals surface area contributed by atoms with Crippen LogP contribution in [-0.4, -0.2) is 49.9 Å². The molecule has 3 rings (SSSR count). The molecule has 21 heavy (non-hydrogen) atoms. The Bertz CT molecular complexity index is 566. The van der Waals surface area contributed by atoms with Gasteiger partial charge < -0.3 is 15.0 Å². The maximum Gasteiger partial charge on any atom is 0.140 e. The molecule has 0 unspecified atom stereocenters. The third-order valence-corrected chi connectivity index (χ3v) is 4.89. The van der Waals surface area contributed by atoms with Crippen LogP contribution in [0.25, 0.3) is 10.2 Å². The second-order valence-electron chi connectivity index (χ2n) is 5.46. The molecule has 0 aromatic carbocycles. The summed E-state index contributed by atoms with van der Waals surface area (Å²) in [5, 5.41) is 6.75. The van der Waals surface area contributed by atoms with Gasteiger partial charge in [0.05, 0.1) is 12.0 Å². The van der Waals surface area contributed by atoms with Crippen molar-refractivity contribution in [1.82, 2.24) is 15.3 Å². The monoisotopic (exact) mass is 306 g/mol. The van der Waals surface area contributed by atoms with Gasteiger partial charge in [-0.05, 0) is 36.8 Å². The molecule has 1 aliphatic heterocycles. The minimum absolute atomic E-state index is 0.762. The number of nitrogens with zero attached hydrogens (tertiary/aromatic N) is 3. The SMILES string of the molecule is COCCNCC1CCN(c2ncnc3sccc23)CC1. The van der Waals surface area contributed by atoms with E-state index in [9.17, 15) is 0 Å². The summed E-state index contributed by atoms with van der Waals surface area (Å²) in [6.45, 7) is 4.99. The molecule has 1 fully saturated rings. The molecule has 1 aliphatic rings. The maximum absolute atomic E-state index is 5.06. The van der Waals surface area contributed by atoms with Gasteiger partial charge in [-0.15, -0.1) is 11.3 Å². The van der Waals surface area contributed by atoms with Gasteiger partial charge in [0.15, 0.2) is 0 Å². The van der Waals surface area contributed by atoms with Crippen molar-refractivity contribution in [2.45, 2.75) is 12.8 Å². The van der Waals surface area contributed by atoms with Crippen LogP contribution in [0.3, 0.4) is 0 Å². The topological polar surface area (TPSA) is 50.3 Å². The lowest BCUT2D eigenvalue weighted by Gasteiger charge is -2.33. The van der Waals surface area contributed by atoms with Gasteiger partial charge in [-0.25, -0.2) is 9.97 Å². The van der Waals surface area contributed by atoms with E-state index in [1.165, 1.54) is 18.2 Å². The van der Waals surface area contributed by atoms with Gasteiger partial charge >= 0.3 is 0 Å². The second-order valence-corrected chi connectivity index (χ2v) is 6.36. The summed E-state index contributed by atoms with van der Waals surface area (Å²) >= 11 is 1.68. The summed E-state index contributed by atoms with van der Waals surface area (Å²) in [4.78, 5) is 12.3. The number of methoxy groups -OCH3 is 1. The van der Waals surface area contributed by atoms with Gasteiger partial charge in [-0.3, -0.25) is 0 Å². The lowest BCUT2D eigenvalue weighted by molar-refractivity contribution is 0.197. The van der Waals surface area contributed by atoms with Crippen LogP contribution in [0.5, 0.6) is 0 Å². The Balaban J connectivity index is 1.55. The van der Waals surface area contributed by atoms with Crippen molar-refractivity contribution in [2.24, 2.45) is 5.92 Å². The first kappa shape index (κ1) is 14.7. The third kappa shape index (κ3) is 3.51. The number of nitrogens with one attached hydrogen (secondary N) is 1. The van der Waals surface area contributed by atoms with Gasteiger partial charge in [0, 0.05) is 26.7 Å². The first-order chi connectivity index (χ1) is 10.4. The highest BCUT2D eigenvalue weighted by atomic mass is 32.1. The van der Waals surface area contributed by atoms with E-state index in [4.69, 9.17) is 4.74 Å². The van der Waals surface area contributed by atoms with Crippen LogP contribution in [-0.2, 0) is 4.74 Å². The van der Waals surface area contributed by atoms with E-state index in [1.54, 1.807) is 24.8 Å². The van der Waals surface area contributed by atoms with E-state index in [1.807, 2.05) is 0 Å². The summed E-state index contributed by atoms with van der Waals surface area (Å²) in [6, 6.07) is 2.13. The Labute approximate surface area is 129 Å². The first-order valence-electron chi connectivity index (χ1n) is 7.51. The summed E-state index contributed by atoms with van der Waals surface area (Å²) in [5.41, 5.74) is 0. The molecule has 0 spiro atoms. The number of piperidine rings is 1. The average molecular weight is 306 g/mol. The van der Waals surface area contributed by atoms with E-state index in [0.717, 1.165) is 49.4 Å². The molecule has 1 N–H and O–H groups in total. The van der Waals surface area contributed by atoms with Crippen molar-refractivity contribution in [3.8, 4) is 0 Å². The van der Waals surface area contributed by atoms with Crippen molar-refractivity contribution in [1.29, 1.82) is 0 Å². The average Bonchev–Trinajstić information content (AvgIpc) is 3.01. The largest absolute Gasteiger partial charge is 0.383 e. The highest BCUT2D eigenvalue weighted by molar-refractivity contribution is 7.16. The molecule has 2 aromatic heterocycles. The Hall–Kier alpha value is -1.24. The molecule has 1 saturated heterocycles. The molecule has 2 aromatic rings. The molecule has 3 heterocycles. The fraction of sp³-hybridized carbons (Fsp3) is 0.600. The fourth-order valence-electron chi connectivity index (χ4n) is 2.86. The van der Waals surface area contributed by atoms with Crippen LogP contribution < -0.4 is 10.2 Å². The van der Waals surface area contributed by atoms with E-state index in [-0.39, 0.29) is 0 Å². The van der Waals surface area contributed by atoms with Gasteiger partial charge in [0.1, 0.15) is 17.0 Å². The highest BCUT2D eigenvalue weighted by Gasteiger charge is 2.21. The number of hydrogen-bond acceptors (Lipinski definition) is 6. The van der Waals surface area contributed by atoms with Crippen LogP contribution in [0.4, 0.5) is 5.82 Å². The van der Waals surface area contributed by atoms with Crippen LogP contribution >= 0.6 is 11.3 Å². The van der Waals surface area contributed by atoms with Crippen molar-refractivity contribution in [3.63, 3.8) is 0 Å². The standard InChI is InChI=1S/C15H22N4OS/c1-20-8-5-16-10-12-2-6-19(7-3-12)14-13-4-9-21-15(13)18-11-17-14/h4,9,11-12,16H,2-3,5-8,10H2,1H3. The van der Waals surface area contributed by atoms with Gasteiger partial charge in [-0.2, -0.15) is 0 Å². The number of ether oxygens (including phenoxy) is 1. The lowest BCUT2D eigenvalue weighted by Crippen LogP contribution is -2.38. The molecular formula is C15H22N4OS. The maximum atomic E-state index is 5.06. The number of aromatic nitrogens is 2. The number of anilines is 1. The zero-order valence-corrected chi connectivity index (χ0v) is 13.2. The zero-order valence-electron chi connectivity index (χ0n) is 12.4. The van der Waals surface area contributed by atoms with Crippen LogP contribution in [0, 0.1) is 5.92 Å². The summed E-state index contributed by atoms with van der Waals surface area (Å²) < 4.78 is 5.06. The van der Waals surface area contributed by atoms with Crippen molar-refractivity contribution in [2.75, 3.05) is 44.8 Å². The third-order valence-electron chi connectivity index (χ3n) is 4.07. The predicted molar refractivity (Wildman–Crippen MR) is 87.1 cm³/mol. The molecule has 0 amide bonds. The molecule has 0 atom stereocenters. The lowest BCUT2D eigenvalue weighted by atomic mass is 9.96. The predicted octanol–water partition coefficient (Wildman–Crippen LogP) is 2.14. The summed E-state index contributed by atoms with van der Waals surface area (Å²) in [7, 11) is 1.74. The van der Waals surface area contributed by atoms with E-state index >= 15 is 0 Å². The Kier molecular flexibility index (Phi) is 5.00. The fourth-order valence-corrected chi connectivity index (χ4v) is 3.59. The smallest absolute Gasteiger partial charge is 0.140 e. The summed E-state index contributed by atoms with van der Waals surface area (Å²) in [5.74, 6) is 1.87. The molecule has 0 radical (unpaired) electrons. The number of rotatable bonds is 6. The second kappa shape index (κ2) is 7.15. The highest BCUT2D eigenvalue weighted by Crippen LogP contribution is 2.29. The van der Waals surface area contributed by atoms with E-state index < -0.39 is 0 Å². The molecule has 114 valence electrons. The van der Waals surface area contributed by atoms with Gasteiger partial charge in [-0.1, -0.05) is 0 Å². The number of hydrogen-bond donors (Lipinski definition) is 1. The van der Waals surface area contributed by atoms with E-state index in [0.29, 0.717) is 0 Å². The van der Waals surface area contributed by atoms with Crippen LogP contribution in [0.2, 0.25) is 0 Å². The summed E-state index contributed by atoms with van der Waals surface area (Å²) in [6.07, 6.45) is 4.12. The number of fused-ring (bicyclic) bond motifs is 1. The Morgan fingerprint density at radius 3 is 3.05 bits per heavy atom. The quantitative estimate of drug-likeness (QED) is 0.829. The first-order valence-corrected chi connectivity index (χ1v) is 8.39. The van der Waals surface area contributed by atoms with Crippen LogP contribution in [0.15, 0.2) is 17.8 Å². The molecule has 0 bridgehead atoms. The Morgan fingerprint density at radius 2 is 2.24 bits per heavy atom. The molecule has 0 saturated carbocycles. The van der Waals surface area contributed by atoms with Crippen LogP contribution in [0.1, 0.15) is 12.8 Å². The minimum atomic E-state index is 0.762. The van der Waals surface area contributed by atoms with Crippen molar-refractivity contribution < 1.29 is 4.74 Å². The van der Waals surface area contributed by atoms with Gasteiger partial charge in [0.2, 0.25) is 0 Å². The Morgan fingerprint density at radius 1 is 1.38 bits per heavy atom. The molecular weight excluding hydrogens is 284 g/mol. The molecule has 5 nitrogen and oxygen atoms in total. The normalized spacial score (nSPS) is 16.7. The molecule has 0 aliphatic carbocycles. The number of thiophene rings is 1.